The lowest BCUT2D eigenvalue weighted by molar-refractivity contribution is 0.0277. The van der Waals surface area contributed by atoms with Gasteiger partial charge < -0.3 is 4.74 Å². The number of anilines is 1. The minimum absolute atomic E-state index is 0.156. The number of carbonyl (C=O) groups is 4. The summed E-state index contributed by atoms with van der Waals surface area (Å²) in [4.78, 5) is 51.7. The molecule has 33 heavy (non-hydrogen) atoms. The molecular weight excluding hydrogens is 465 g/mol. The Bertz CT molecular complexity index is 1230. The third kappa shape index (κ3) is 4.27. The van der Waals surface area contributed by atoms with Gasteiger partial charge in [0.05, 0.1) is 32.4 Å². The average Bonchev–Trinajstić information content (AvgIpc) is 3.07. The van der Waals surface area contributed by atoms with Crippen molar-refractivity contribution >= 4 is 52.5 Å². The van der Waals surface area contributed by atoms with Crippen LogP contribution < -0.4 is 4.90 Å². The number of fused-ring (bicyclic) bond motifs is 1. The first-order valence-electron chi connectivity index (χ1n) is 10.1. The molecule has 2 amide bonds. The Morgan fingerprint density at radius 1 is 0.848 bits per heavy atom. The number of rotatable bonds is 6. The van der Waals surface area contributed by atoms with Crippen LogP contribution in [0.15, 0.2) is 66.7 Å². The van der Waals surface area contributed by atoms with Crippen LogP contribution in [-0.4, -0.2) is 29.7 Å². The standard InChI is InChI=1S/C25H17Cl2NO5/c1-2-21(22(29)14-6-4-3-5-7-14)33-25(32)15-8-10-16(11-9-15)28-23(30)17-12-19(26)20(27)13-18(17)24(28)31/h3-13,21H,2H2,1H3/t21-/m0/s1. The third-order valence-corrected chi connectivity index (χ3v) is 5.98. The molecule has 1 aliphatic heterocycles. The molecule has 0 unspecified atom stereocenters. The molecule has 4 rings (SSSR count). The summed E-state index contributed by atoms with van der Waals surface area (Å²) < 4.78 is 5.42. The summed E-state index contributed by atoms with van der Waals surface area (Å²) in [5.41, 5.74) is 1.22. The number of carbonyl (C=O) groups excluding carboxylic acids is 4. The highest BCUT2D eigenvalue weighted by atomic mass is 35.5. The van der Waals surface area contributed by atoms with Crippen molar-refractivity contribution in [3.63, 3.8) is 0 Å². The number of Topliss-reactive ketones (excluding diaryl/α,β-unsaturated/α-hetero) is 1. The number of amides is 2. The van der Waals surface area contributed by atoms with Crippen molar-refractivity contribution in [2.75, 3.05) is 4.90 Å². The van der Waals surface area contributed by atoms with Gasteiger partial charge in [-0.15, -0.1) is 0 Å². The molecule has 3 aromatic rings. The Morgan fingerprint density at radius 3 is 1.91 bits per heavy atom. The van der Waals surface area contributed by atoms with Gasteiger partial charge in [0.25, 0.3) is 11.8 Å². The maximum Gasteiger partial charge on any atom is 0.338 e. The normalized spacial score (nSPS) is 13.6. The Hall–Kier alpha value is -3.48. The highest BCUT2D eigenvalue weighted by Gasteiger charge is 2.37. The second-order valence-corrected chi connectivity index (χ2v) is 8.15. The molecule has 0 fully saturated rings. The molecule has 0 N–H and O–H groups in total. The zero-order chi connectivity index (χ0) is 23.7. The van der Waals surface area contributed by atoms with Crippen molar-refractivity contribution in [3.05, 3.63) is 99.0 Å². The second-order valence-electron chi connectivity index (χ2n) is 7.34. The van der Waals surface area contributed by atoms with Gasteiger partial charge in [-0.3, -0.25) is 14.4 Å². The number of hydrogen-bond donors (Lipinski definition) is 0. The van der Waals surface area contributed by atoms with Crippen LogP contribution in [0.25, 0.3) is 0 Å². The fourth-order valence-corrected chi connectivity index (χ4v) is 3.85. The van der Waals surface area contributed by atoms with E-state index in [9.17, 15) is 19.2 Å². The number of nitrogens with zero attached hydrogens (tertiary/aromatic N) is 1. The number of imide groups is 1. The van der Waals surface area contributed by atoms with E-state index in [4.69, 9.17) is 27.9 Å². The predicted octanol–water partition coefficient (Wildman–Crippen LogP) is 5.61. The van der Waals surface area contributed by atoms with Crippen LogP contribution in [0.3, 0.4) is 0 Å². The van der Waals surface area contributed by atoms with Gasteiger partial charge in [-0.1, -0.05) is 60.5 Å². The zero-order valence-electron chi connectivity index (χ0n) is 17.4. The largest absolute Gasteiger partial charge is 0.450 e. The molecular formula is C25H17Cl2NO5. The molecule has 8 heteroatoms. The summed E-state index contributed by atoms with van der Waals surface area (Å²) in [5, 5.41) is 0.346. The Labute approximate surface area is 199 Å². The van der Waals surface area contributed by atoms with E-state index in [-0.39, 0.29) is 38.2 Å². The number of esters is 1. The summed E-state index contributed by atoms with van der Waals surface area (Å²) >= 11 is 12.0. The lowest BCUT2D eigenvalue weighted by Gasteiger charge is -2.16. The van der Waals surface area contributed by atoms with E-state index in [1.54, 1.807) is 37.3 Å². The summed E-state index contributed by atoms with van der Waals surface area (Å²) in [7, 11) is 0. The predicted molar refractivity (Wildman–Crippen MR) is 124 cm³/mol. The van der Waals surface area contributed by atoms with Crippen LogP contribution in [0.1, 0.15) is 54.8 Å². The molecule has 0 spiro atoms. The molecule has 166 valence electrons. The first kappa shape index (κ1) is 22.7. The van der Waals surface area contributed by atoms with Gasteiger partial charge in [0.1, 0.15) is 0 Å². The van der Waals surface area contributed by atoms with E-state index in [0.717, 1.165) is 4.90 Å². The van der Waals surface area contributed by atoms with Crippen molar-refractivity contribution < 1.29 is 23.9 Å². The summed E-state index contributed by atoms with van der Waals surface area (Å²) in [6, 6.07) is 17.1. The maximum absolute atomic E-state index is 12.8. The number of halogens is 2. The molecule has 1 heterocycles. The van der Waals surface area contributed by atoms with Crippen LogP contribution in [0, 0.1) is 0 Å². The van der Waals surface area contributed by atoms with E-state index in [2.05, 4.69) is 0 Å². The lowest BCUT2D eigenvalue weighted by atomic mass is 10.0. The van der Waals surface area contributed by atoms with E-state index >= 15 is 0 Å². The SMILES string of the molecule is CC[C@H](OC(=O)c1ccc(N2C(=O)c3cc(Cl)c(Cl)cc3C2=O)cc1)C(=O)c1ccccc1. The average molecular weight is 482 g/mol. The molecule has 0 bridgehead atoms. The van der Waals surface area contributed by atoms with Crippen LogP contribution in [0.2, 0.25) is 10.0 Å². The number of hydrogen-bond acceptors (Lipinski definition) is 5. The fraction of sp³-hybridized carbons (Fsp3) is 0.120. The molecule has 0 aliphatic carbocycles. The second kappa shape index (κ2) is 9.17. The minimum atomic E-state index is -0.926. The maximum atomic E-state index is 12.8. The van der Waals surface area contributed by atoms with Crippen LogP contribution >= 0.6 is 23.2 Å². The first-order valence-corrected chi connectivity index (χ1v) is 10.9. The van der Waals surface area contributed by atoms with Crippen LogP contribution in [0.4, 0.5) is 5.69 Å². The minimum Gasteiger partial charge on any atom is -0.450 e. The molecule has 0 saturated carbocycles. The summed E-state index contributed by atoms with van der Waals surface area (Å²) in [6.07, 6.45) is -0.608. The smallest absolute Gasteiger partial charge is 0.338 e. The molecule has 0 aromatic heterocycles. The van der Waals surface area contributed by atoms with Gasteiger partial charge in [-0.2, -0.15) is 0 Å². The highest BCUT2D eigenvalue weighted by molar-refractivity contribution is 6.44. The Balaban J connectivity index is 1.51. The van der Waals surface area contributed by atoms with Crippen LogP contribution in [-0.2, 0) is 4.74 Å². The Kier molecular flexibility index (Phi) is 6.31. The molecule has 0 radical (unpaired) electrons. The molecule has 6 nitrogen and oxygen atoms in total. The van der Waals surface area contributed by atoms with Gasteiger partial charge >= 0.3 is 5.97 Å². The van der Waals surface area contributed by atoms with Crippen molar-refractivity contribution in [1.29, 1.82) is 0 Å². The molecule has 0 saturated heterocycles. The lowest BCUT2D eigenvalue weighted by Crippen LogP contribution is -2.29. The number of benzene rings is 3. The quantitative estimate of drug-likeness (QED) is 0.259. The topological polar surface area (TPSA) is 80.8 Å². The first-order chi connectivity index (χ1) is 15.8. The van der Waals surface area contributed by atoms with Gasteiger partial charge in [-0.05, 0) is 42.8 Å². The van der Waals surface area contributed by atoms with Crippen molar-refractivity contribution in [3.8, 4) is 0 Å². The number of ether oxygens (including phenoxy) is 1. The van der Waals surface area contributed by atoms with Crippen molar-refractivity contribution in [2.45, 2.75) is 19.4 Å². The van der Waals surface area contributed by atoms with E-state index in [1.165, 1.54) is 36.4 Å². The van der Waals surface area contributed by atoms with Crippen molar-refractivity contribution in [2.24, 2.45) is 0 Å². The third-order valence-electron chi connectivity index (χ3n) is 5.26. The summed E-state index contributed by atoms with van der Waals surface area (Å²) in [6.45, 7) is 1.75. The molecule has 3 aromatic carbocycles. The Morgan fingerprint density at radius 2 is 1.39 bits per heavy atom. The fourth-order valence-electron chi connectivity index (χ4n) is 3.52. The number of ketones is 1. The summed E-state index contributed by atoms with van der Waals surface area (Å²) in [5.74, 6) is -2.04. The van der Waals surface area contributed by atoms with E-state index < -0.39 is 23.9 Å². The van der Waals surface area contributed by atoms with Crippen LogP contribution in [0.5, 0.6) is 0 Å². The van der Waals surface area contributed by atoms with Gasteiger partial charge in [0.2, 0.25) is 5.78 Å². The monoisotopic (exact) mass is 481 g/mol. The molecule has 1 atom stereocenters. The molecule has 1 aliphatic rings. The van der Waals surface area contributed by atoms with E-state index in [0.29, 0.717) is 12.0 Å². The highest BCUT2D eigenvalue weighted by Crippen LogP contribution is 2.34. The van der Waals surface area contributed by atoms with Gasteiger partial charge in [0.15, 0.2) is 6.10 Å². The van der Waals surface area contributed by atoms with Gasteiger partial charge in [0, 0.05) is 5.56 Å². The zero-order valence-corrected chi connectivity index (χ0v) is 18.9. The van der Waals surface area contributed by atoms with Crippen molar-refractivity contribution in [1.82, 2.24) is 0 Å². The van der Waals surface area contributed by atoms with Gasteiger partial charge in [-0.25, -0.2) is 9.69 Å². The van der Waals surface area contributed by atoms with E-state index in [1.807, 2.05) is 0 Å².